The van der Waals surface area contributed by atoms with E-state index in [9.17, 15) is 13.2 Å². The van der Waals surface area contributed by atoms with E-state index in [0.29, 0.717) is 29.0 Å². The van der Waals surface area contributed by atoms with E-state index in [2.05, 4.69) is 15.3 Å². The summed E-state index contributed by atoms with van der Waals surface area (Å²) < 4.78 is 26.6. The van der Waals surface area contributed by atoms with Gasteiger partial charge in [-0.3, -0.25) is 4.79 Å². The number of nitrogens with zero attached hydrogens (tertiary/aromatic N) is 2. The molecule has 1 aliphatic heterocycles. The summed E-state index contributed by atoms with van der Waals surface area (Å²) >= 11 is 7.24. The third-order valence-electron chi connectivity index (χ3n) is 4.60. The third kappa shape index (κ3) is 4.58. The van der Waals surface area contributed by atoms with Crippen molar-refractivity contribution < 1.29 is 13.2 Å². The van der Waals surface area contributed by atoms with Gasteiger partial charge < -0.3 is 10.3 Å². The molecule has 2 aromatic carbocycles. The van der Waals surface area contributed by atoms with Crippen molar-refractivity contribution in [3.05, 3.63) is 47.5 Å². The van der Waals surface area contributed by atoms with E-state index >= 15 is 0 Å². The van der Waals surface area contributed by atoms with E-state index in [1.54, 1.807) is 24.3 Å². The quantitative estimate of drug-likeness (QED) is 0.558. The van der Waals surface area contributed by atoms with Crippen LogP contribution in [0, 0.1) is 0 Å². The molecule has 7 nitrogen and oxygen atoms in total. The maximum absolute atomic E-state index is 12.5. The number of hydrogen-bond donors (Lipinski definition) is 2. The number of amides is 1. The molecule has 29 heavy (non-hydrogen) atoms. The molecule has 4 rings (SSSR count). The lowest BCUT2D eigenvalue weighted by atomic mass is 10.3. The average molecular weight is 451 g/mol. The predicted octanol–water partition coefficient (Wildman–Crippen LogP) is 3.73. The minimum absolute atomic E-state index is 0.168. The standard InChI is InChI=1S/C19H19ClN4O3S2/c20-13-3-8-16-17(11-13)23-19(22-16)28-12-18(25)21-14-4-6-15(7-5-14)29(26,27)24-9-1-2-10-24/h3-8,11H,1-2,9-10,12H2,(H,21,25)(H,22,23). The fourth-order valence-corrected chi connectivity index (χ4v) is 5.52. The zero-order chi connectivity index (χ0) is 20.4. The molecule has 0 saturated carbocycles. The number of benzene rings is 2. The largest absolute Gasteiger partial charge is 0.333 e. The van der Waals surface area contributed by atoms with E-state index in [0.717, 1.165) is 23.9 Å². The first-order chi connectivity index (χ1) is 13.9. The normalized spacial score (nSPS) is 15.1. The highest BCUT2D eigenvalue weighted by Crippen LogP contribution is 2.24. The van der Waals surface area contributed by atoms with Gasteiger partial charge >= 0.3 is 0 Å². The molecule has 2 N–H and O–H groups in total. The highest BCUT2D eigenvalue weighted by molar-refractivity contribution is 7.99. The van der Waals surface area contributed by atoms with E-state index in [4.69, 9.17) is 11.6 Å². The van der Waals surface area contributed by atoms with Gasteiger partial charge in [-0.05, 0) is 55.3 Å². The molecule has 2 heterocycles. The number of anilines is 1. The second kappa shape index (κ2) is 8.35. The molecule has 3 aromatic rings. The molecule has 0 atom stereocenters. The second-order valence-corrected chi connectivity index (χ2v) is 10.0. The molecule has 1 fully saturated rings. The molecule has 1 aromatic heterocycles. The minimum Gasteiger partial charge on any atom is -0.333 e. The molecule has 10 heteroatoms. The highest BCUT2D eigenvalue weighted by Gasteiger charge is 2.26. The first-order valence-electron chi connectivity index (χ1n) is 9.10. The maximum Gasteiger partial charge on any atom is 0.243 e. The summed E-state index contributed by atoms with van der Waals surface area (Å²) in [5, 5.41) is 4.02. The van der Waals surface area contributed by atoms with E-state index in [1.165, 1.54) is 28.2 Å². The number of H-pyrrole nitrogens is 1. The van der Waals surface area contributed by atoms with Crippen LogP contribution in [0.5, 0.6) is 0 Å². The summed E-state index contributed by atoms with van der Waals surface area (Å²) in [6, 6.07) is 11.6. The first-order valence-corrected chi connectivity index (χ1v) is 11.9. The smallest absolute Gasteiger partial charge is 0.243 e. The van der Waals surface area contributed by atoms with E-state index in [1.807, 2.05) is 6.07 Å². The topological polar surface area (TPSA) is 95.2 Å². The number of sulfonamides is 1. The Morgan fingerprint density at radius 3 is 2.62 bits per heavy atom. The number of hydrogen-bond acceptors (Lipinski definition) is 5. The Kier molecular flexibility index (Phi) is 5.82. The molecule has 0 unspecified atom stereocenters. The molecule has 0 radical (unpaired) electrons. The lowest BCUT2D eigenvalue weighted by Crippen LogP contribution is -2.27. The SMILES string of the molecule is O=C(CSc1nc2ccc(Cl)cc2[nH]1)Nc1ccc(S(=O)(=O)N2CCCC2)cc1. The molecule has 1 saturated heterocycles. The number of carbonyl (C=O) groups is 1. The number of aromatic amines is 1. The number of aromatic nitrogens is 2. The van der Waals surface area contributed by atoms with Gasteiger partial charge in [-0.15, -0.1) is 0 Å². The van der Waals surface area contributed by atoms with Crippen LogP contribution in [0.4, 0.5) is 5.69 Å². The molecule has 0 aliphatic carbocycles. The Labute approximate surface area is 177 Å². The van der Waals surface area contributed by atoms with Gasteiger partial charge in [-0.1, -0.05) is 23.4 Å². The number of nitrogens with one attached hydrogen (secondary N) is 2. The monoisotopic (exact) mass is 450 g/mol. The van der Waals surface area contributed by atoms with Crippen LogP contribution >= 0.6 is 23.4 Å². The van der Waals surface area contributed by atoms with Crippen LogP contribution in [0.25, 0.3) is 11.0 Å². The number of carbonyl (C=O) groups excluding carboxylic acids is 1. The van der Waals surface area contributed by atoms with Gasteiger partial charge in [-0.2, -0.15) is 4.31 Å². The Balaban J connectivity index is 1.35. The summed E-state index contributed by atoms with van der Waals surface area (Å²) in [7, 11) is -3.45. The fraction of sp³-hybridized carbons (Fsp3) is 0.263. The molecule has 1 aliphatic rings. The summed E-state index contributed by atoms with van der Waals surface area (Å²) in [5.74, 6) is -0.0369. The van der Waals surface area contributed by atoms with Gasteiger partial charge in [-0.25, -0.2) is 13.4 Å². The van der Waals surface area contributed by atoms with Crippen molar-refractivity contribution >= 4 is 56.0 Å². The zero-order valence-corrected chi connectivity index (χ0v) is 17.8. The summed E-state index contributed by atoms with van der Waals surface area (Å²) in [6.07, 6.45) is 1.78. The average Bonchev–Trinajstić information content (AvgIpc) is 3.36. The van der Waals surface area contributed by atoms with Crippen LogP contribution in [-0.4, -0.2) is 47.4 Å². The first kappa shape index (κ1) is 20.2. The molecule has 152 valence electrons. The number of imidazole rings is 1. The van der Waals surface area contributed by atoms with Crippen molar-refractivity contribution in [3.8, 4) is 0 Å². The van der Waals surface area contributed by atoms with Crippen molar-refractivity contribution in [2.24, 2.45) is 0 Å². The van der Waals surface area contributed by atoms with Crippen LogP contribution in [0.15, 0.2) is 52.5 Å². The van der Waals surface area contributed by atoms with Gasteiger partial charge in [0, 0.05) is 23.8 Å². The van der Waals surface area contributed by atoms with Crippen molar-refractivity contribution in [1.82, 2.24) is 14.3 Å². The van der Waals surface area contributed by atoms with Crippen LogP contribution in [0.1, 0.15) is 12.8 Å². The molecule has 1 amide bonds. The molecular weight excluding hydrogens is 432 g/mol. The van der Waals surface area contributed by atoms with Crippen LogP contribution in [0.3, 0.4) is 0 Å². The zero-order valence-electron chi connectivity index (χ0n) is 15.4. The summed E-state index contributed by atoms with van der Waals surface area (Å²) in [4.78, 5) is 20.0. The molecule has 0 bridgehead atoms. The van der Waals surface area contributed by atoms with Crippen LogP contribution in [-0.2, 0) is 14.8 Å². The van der Waals surface area contributed by atoms with Crippen molar-refractivity contribution in [2.45, 2.75) is 22.9 Å². The fourth-order valence-electron chi connectivity index (χ4n) is 3.15. The van der Waals surface area contributed by atoms with Gasteiger partial charge in [0.1, 0.15) is 0 Å². The van der Waals surface area contributed by atoms with Gasteiger partial charge in [0.2, 0.25) is 15.9 Å². The van der Waals surface area contributed by atoms with Gasteiger partial charge in [0.15, 0.2) is 5.16 Å². The lowest BCUT2D eigenvalue weighted by Gasteiger charge is -2.15. The lowest BCUT2D eigenvalue weighted by molar-refractivity contribution is -0.113. The number of halogens is 1. The van der Waals surface area contributed by atoms with Crippen LogP contribution < -0.4 is 5.32 Å². The number of thioether (sulfide) groups is 1. The van der Waals surface area contributed by atoms with Crippen LogP contribution in [0.2, 0.25) is 5.02 Å². The maximum atomic E-state index is 12.5. The summed E-state index contributed by atoms with van der Waals surface area (Å²) in [5.41, 5.74) is 2.15. The second-order valence-electron chi connectivity index (χ2n) is 6.68. The number of fused-ring (bicyclic) bond motifs is 1. The van der Waals surface area contributed by atoms with Gasteiger partial charge in [0.05, 0.1) is 21.7 Å². The van der Waals surface area contributed by atoms with Crippen molar-refractivity contribution in [2.75, 3.05) is 24.2 Å². The highest BCUT2D eigenvalue weighted by atomic mass is 35.5. The van der Waals surface area contributed by atoms with E-state index in [-0.39, 0.29) is 16.6 Å². The minimum atomic E-state index is -3.45. The Morgan fingerprint density at radius 2 is 1.90 bits per heavy atom. The summed E-state index contributed by atoms with van der Waals surface area (Å²) in [6.45, 7) is 1.12. The van der Waals surface area contributed by atoms with Gasteiger partial charge in [0.25, 0.3) is 0 Å². The molecule has 0 spiro atoms. The van der Waals surface area contributed by atoms with Crippen molar-refractivity contribution in [1.29, 1.82) is 0 Å². The predicted molar refractivity (Wildman–Crippen MR) is 115 cm³/mol. The Morgan fingerprint density at radius 1 is 1.17 bits per heavy atom. The Hall–Kier alpha value is -2.07. The Bertz CT molecular complexity index is 1140. The number of rotatable bonds is 6. The molecular formula is C19H19ClN4O3S2. The third-order valence-corrected chi connectivity index (χ3v) is 7.62. The van der Waals surface area contributed by atoms with Crippen molar-refractivity contribution in [3.63, 3.8) is 0 Å². The van der Waals surface area contributed by atoms with E-state index < -0.39 is 10.0 Å².